The molecule has 5 atom stereocenters. The summed E-state index contributed by atoms with van der Waals surface area (Å²) in [6.45, 7) is 2.52. The maximum atomic E-state index is 13.8. The number of carbonyl (C=O) groups excluding carboxylic acids is 3. The van der Waals surface area contributed by atoms with Gasteiger partial charge in [-0.1, -0.05) is 25.6 Å². The number of hydrogen-bond acceptors (Lipinski definition) is 7. The molecule has 0 saturated heterocycles. The van der Waals surface area contributed by atoms with Gasteiger partial charge in [-0.15, -0.1) is 0 Å². The summed E-state index contributed by atoms with van der Waals surface area (Å²) in [5.74, 6) is -2.44. The molecule has 0 aliphatic heterocycles. The van der Waals surface area contributed by atoms with E-state index in [9.17, 15) is 27.6 Å². The second kappa shape index (κ2) is 12.8. The lowest BCUT2D eigenvalue weighted by Gasteiger charge is -2.38. The fourth-order valence-corrected chi connectivity index (χ4v) is 6.41. The Bertz CT molecular complexity index is 1530. The number of amides is 2. The summed E-state index contributed by atoms with van der Waals surface area (Å²) in [7, 11) is 0. The molecule has 3 aromatic rings. The fraction of sp³-hybridized carbons (Fsp3) is 0.433. The first-order chi connectivity index (χ1) is 20.7. The van der Waals surface area contributed by atoms with Crippen LogP contribution < -0.4 is 15.4 Å². The van der Waals surface area contributed by atoms with Crippen molar-refractivity contribution in [3.05, 3.63) is 72.0 Å². The normalized spacial score (nSPS) is 23.0. The third-order valence-electron chi connectivity index (χ3n) is 8.45. The number of alkyl halides is 2. The fourth-order valence-electron chi connectivity index (χ4n) is 6.41. The number of hydrogen-bond donors (Lipinski definition) is 2. The van der Waals surface area contributed by atoms with Gasteiger partial charge in [-0.3, -0.25) is 14.4 Å². The molecule has 1 aromatic carbocycles. The van der Waals surface area contributed by atoms with E-state index in [0.29, 0.717) is 12.0 Å². The molecule has 2 N–H and O–H groups in total. The standard InChI is InChI=1S/C30H32F3N5O5/c1-3-12-42-29(41)19-5-6-20-18(16(19)2)7-9-22(20)37-28(40)24-14-23(36-26-10-11-35-38(24)26)27(39)34-15-17-4-8-21(31)25(13-17)43-30(32)33/h3-4,8,10-11,13-14,16,18-20,22,30H,1,5-7,9,12,15H2,2H3,(H,34,39)(H,37,40)/t16?,18?,19?,20-,22+/m1/s1. The Balaban J connectivity index is 1.27. The Labute approximate surface area is 245 Å². The van der Waals surface area contributed by atoms with E-state index in [4.69, 9.17) is 4.74 Å². The van der Waals surface area contributed by atoms with Crippen molar-refractivity contribution >= 4 is 23.4 Å². The van der Waals surface area contributed by atoms with Gasteiger partial charge in [-0.25, -0.2) is 13.9 Å². The number of nitrogens with one attached hydrogen (secondary N) is 2. The van der Waals surface area contributed by atoms with Crippen LogP contribution >= 0.6 is 0 Å². The maximum Gasteiger partial charge on any atom is 0.387 e. The minimum absolute atomic E-state index is 0.0548. The number of fused-ring (bicyclic) bond motifs is 2. The van der Waals surface area contributed by atoms with Crippen LogP contribution in [0, 0.1) is 29.5 Å². The Kier molecular flexibility index (Phi) is 8.97. The van der Waals surface area contributed by atoms with Gasteiger partial charge in [0.15, 0.2) is 17.2 Å². The average Bonchev–Trinajstić information content (AvgIpc) is 3.63. The van der Waals surface area contributed by atoms with Gasteiger partial charge in [0.1, 0.15) is 18.0 Å². The Morgan fingerprint density at radius 2 is 1.91 bits per heavy atom. The molecule has 3 unspecified atom stereocenters. The number of carbonyl (C=O) groups is 3. The SMILES string of the molecule is C=CCOC(=O)C1CC[C@@H]2C(CC[C@@H]2NC(=O)c2cc(C(=O)NCc3ccc(F)c(OC(F)F)c3)nc3ccnn23)C1C. The molecule has 0 bridgehead atoms. The van der Waals surface area contributed by atoms with Crippen LogP contribution in [0.4, 0.5) is 13.2 Å². The van der Waals surface area contributed by atoms with Crippen LogP contribution in [0.3, 0.4) is 0 Å². The van der Waals surface area contributed by atoms with E-state index in [1.165, 1.54) is 22.8 Å². The Morgan fingerprint density at radius 1 is 1.12 bits per heavy atom. The monoisotopic (exact) mass is 599 g/mol. The highest BCUT2D eigenvalue weighted by atomic mass is 19.3. The summed E-state index contributed by atoms with van der Waals surface area (Å²) in [5, 5.41) is 9.92. The second-order valence-electron chi connectivity index (χ2n) is 10.9. The van der Waals surface area contributed by atoms with E-state index in [1.807, 2.05) is 0 Å². The van der Waals surface area contributed by atoms with Crippen LogP contribution in [0.5, 0.6) is 5.75 Å². The van der Waals surface area contributed by atoms with Crippen molar-refractivity contribution in [2.24, 2.45) is 23.7 Å². The molecular weight excluding hydrogens is 567 g/mol. The first-order valence-electron chi connectivity index (χ1n) is 14.1. The summed E-state index contributed by atoms with van der Waals surface area (Å²) in [4.78, 5) is 43.4. The zero-order chi connectivity index (χ0) is 30.7. The van der Waals surface area contributed by atoms with E-state index in [-0.39, 0.29) is 65.9 Å². The zero-order valence-electron chi connectivity index (χ0n) is 23.5. The number of esters is 1. The van der Waals surface area contributed by atoms with Crippen LogP contribution in [-0.2, 0) is 16.1 Å². The highest BCUT2D eigenvalue weighted by Crippen LogP contribution is 2.48. The van der Waals surface area contributed by atoms with Crippen molar-refractivity contribution in [1.82, 2.24) is 25.2 Å². The van der Waals surface area contributed by atoms with Crippen molar-refractivity contribution in [1.29, 1.82) is 0 Å². The number of benzene rings is 1. The van der Waals surface area contributed by atoms with E-state index < -0.39 is 30.0 Å². The van der Waals surface area contributed by atoms with Crippen molar-refractivity contribution < 1.29 is 37.0 Å². The molecule has 2 aromatic heterocycles. The Morgan fingerprint density at radius 3 is 2.67 bits per heavy atom. The molecular formula is C30H32F3N5O5. The number of ether oxygens (including phenoxy) is 2. The molecule has 2 aliphatic carbocycles. The minimum Gasteiger partial charge on any atom is -0.461 e. The van der Waals surface area contributed by atoms with Crippen molar-refractivity contribution in [3.63, 3.8) is 0 Å². The molecule has 0 spiro atoms. The number of aromatic nitrogens is 3. The van der Waals surface area contributed by atoms with Crippen LogP contribution in [0.15, 0.2) is 49.2 Å². The summed E-state index contributed by atoms with van der Waals surface area (Å²) in [6.07, 6.45) is 6.10. The quantitative estimate of drug-likeness (QED) is 0.263. The molecule has 2 saturated carbocycles. The molecule has 13 heteroatoms. The van der Waals surface area contributed by atoms with E-state index in [2.05, 4.69) is 39.0 Å². The van der Waals surface area contributed by atoms with E-state index in [1.54, 1.807) is 12.1 Å². The lowest BCUT2D eigenvalue weighted by atomic mass is 9.68. The summed E-state index contributed by atoms with van der Waals surface area (Å²) in [6, 6.07) is 6.15. The molecule has 10 nitrogen and oxygen atoms in total. The van der Waals surface area contributed by atoms with Crippen LogP contribution in [0.1, 0.15) is 59.1 Å². The van der Waals surface area contributed by atoms with Gasteiger partial charge >= 0.3 is 12.6 Å². The second-order valence-corrected chi connectivity index (χ2v) is 10.9. The van der Waals surface area contributed by atoms with E-state index in [0.717, 1.165) is 31.4 Å². The predicted molar refractivity (Wildman–Crippen MR) is 148 cm³/mol. The molecule has 2 aliphatic rings. The van der Waals surface area contributed by atoms with E-state index >= 15 is 0 Å². The van der Waals surface area contributed by atoms with Gasteiger partial charge in [0.05, 0.1) is 12.1 Å². The molecule has 2 heterocycles. The summed E-state index contributed by atoms with van der Waals surface area (Å²) < 4.78 is 49.7. The molecule has 43 heavy (non-hydrogen) atoms. The van der Waals surface area contributed by atoms with Gasteiger partial charge in [-0.2, -0.15) is 13.9 Å². The number of rotatable bonds is 10. The third kappa shape index (κ3) is 6.50. The topological polar surface area (TPSA) is 124 Å². The minimum atomic E-state index is -3.20. The highest BCUT2D eigenvalue weighted by Gasteiger charge is 2.47. The average molecular weight is 600 g/mol. The highest BCUT2D eigenvalue weighted by molar-refractivity contribution is 5.98. The molecule has 5 rings (SSSR count). The van der Waals surface area contributed by atoms with Crippen molar-refractivity contribution in [2.75, 3.05) is 6.61 Å². The molecule has 2 amide bonds. The van der Waals surface area contributed by atoms with Crippen molar-refractivity contribution in [2.45, 2.75) is 51.8 Å². The van der Waals surface area contributed by atoms with Gasteiger partial charge < -0.3 is 20.1 Å². The van der Waals surface area contributed by atoms with Crippen LogP contribution in [0.25, 0.3) is 5.65 Å². The summed E-state index contributed by atoms with van der Waals surface area (Å²) in [5.41, 5.74) is 0.666. The first-order valence-corrected chi connectivity index (χ1v) is 14.1. The third-order valence-corrected chi connectivity index (χ3v) is 8.45. The molecule has 2 fully saturated rings. The van der Waals surface area contributed by atoms with Crippen LogP contribution in [0.2, 0.25) is 0 Å². The lowest BCUT2D eigenvalue weighted by molar-refractivity contribution is -0.152. The smallest absolute Gasteiger partial charge is 0.387 e. The molecule has 228 valence electrons. The largest absolute Gasteiger partial charge is 0.461 e. The predicted octanol–water partition coefficient (Wildman–Crippen LogP) is 4.30. The van der Waals surface area contributed by atoms with Crippen molar-refractivity contribution in [3.8, 4) is 5.75 Å². The number of halogens is 3. The number of nitrogens with zero attached hydrogens (tertiary/aromatic N) is 3. The summed E-state index contributed by atoms with van der Waals surface area (Å²) >= 11 is 0. The van der Waals surface area contributed by atoms with Crippen LogP contribution in [-0.4, -0.2) is 51.6 Å². The van der Waals surface area contributed by atoms with Gasteiger partial charge in [0.2, 0.25) is 0 Å². The first kappa shape index (κ1) is 30.1. The van der Waals surface area contributed by atoms with Gasteiger partial charge in [-0.05, 0) is 61.1 Å². The Hall–Kier alpha value is -4.42. The van der Waals surface area contributed by atoms with Gasteiger partial charge in [0.25, 0.3) is 11.8 Å². The van der Waals surface area contributed by atoms with Gasteiger partial charge in [0, 0.05) is 24.7 Å². The maximum absolute atomic E-state index is 13.8. The lowest BCUT2D eigenvalue weighted by Crippen LogP contribution is -2.44. The zero-order valence-corrected chi connectivity index (χ0v) is 23.5. The molecule has 0 radical (unpaired) electrons.